The van der Waals surface area contributed by atoms with E-state index < -0.39 is 0 Å². The number of piperidine rings is 1. The SMILES string of the molecule is COc1ccc(Cn2nnc(-c3ccc(C4=N[C@@H]5CCN(C)C[C@@H]5c5cc(OC)c(OC)cc54)cc3)n2)cc1.Cl. The summed E-state index contributed by atoms with van der Waals surface area (Å²) in [5.41, 5.74) is 6.38. The third kappa shape index (κ3) is 5.26. The molecule has 208 valence electrons. The average Bonchev–Trinajstić information content (AvgIpc) is 3.45. The van der Waals surface area contributed by atoms with Crippen LogP contribution in [0.2, 0.25) is 0 Å². The molecular weight excluding hydrogens is 528 g/mol. The number of aromatic nitrogens is 4. The highest BCUT2D eigenvalue weighted by atomic mass is 35.5. The zero-order chi connectivity index (χ0) is 26.9. The van der Waals surface area contributed by atoms with Crippen LogP contribution in [0.4, 0.5) is 0 Å². The van der Waals surface area contributed by atoms with E-state index in [9.17, 15) is 0 Å². The van der Waals surface area contributed by atoms with E-state index in [4.69, 9.17) is 19.2 Å². The largest absolute Gasteiger partial charge is 0.497 e. The Balaban J connectivity index is 0.00000323. The molecule has 10 heteroatoms. The van der Waals surface area contributed by atoms with Crippen LogP contribution in [0.15, 0.2) is 65.7 Å². The lowest BCUT2D eigenvalue weighted by Crippen LogP contribution is -2.41. The molecule has 0 unspecified atom stereocenters. The molecule has 0 bridgehead atoms. The van der Waals surface area contributed by atoms with Gasteiger partial charge < -0.3 is 19.1 Å². The second kappa shape index (κ2) is 11.7. The van der Waals surface area contributed by atoms with Gasteiger partial charge in [-0.25, -0.2) is 0 Å². The predicted molar refractivity (Wildman–Crippen MR) is 156 cm³/mol. The number of methoxy groups -OCH3 is 3. The number of hydrogen-bond acceptors (Lipinski definition) is 8. The highest BCUT2D eigenvalue weighted by molar-refractivity contribution is 6.15. The number of likely N-dealkylation sites (tertiary alicyclic amines) is 1. The lowest BCUT2D eigenvalue weighted by molar-refractivity contribution is 0.227. The fourth-order valence-electron chi connectivity index (χ4n) is 5.53. The van der Waals surface area contributed by atoms with Crippen molar-refractivity contribution in [3.05, 3.63) is 82.9 Å². The minimum atomic E-state index is 0. The van der Waals surface area contributed by atoms with E-state index in [1.54, 1.807) is 26.1 Å². The summed E-state index contributed by atoms with van der Waals surface area (Å²) in [5.74, 6) is 3.19. The number of benzene rings is 3. The molecule has 0 amide bonds. The molecule has 0 N–H and O–H groups in total. The normalized spacial score (nSPS) is 18.1. The number of fused-ring (bicyclic) bond motifs is 3. The molecule has 3 heterocycles. The van der Waals surface area contributed by atoms with Crippen LogP contribution in [-0.4, -0.2) is 78.3 Å². The van der Waals surface area contributed by atoms with Crippen molar-refractivity contribution in [1.82, 2.24) is 25.1 Å². The Bertz CT molecular complexity index is 1500. The number of ether oxygens (including phenoxy) is 3. The number of aliphatic imine (C=N–C) groups is 1. The van der Waals surface area contributed by atoms with Gasteiger partial charge in [-0.1, -0.05) is 36.4 Å². The van der Waals surface area contributed by atoms with Gasteiger partial charge in [0.05, 0.1) is 39.6 Å². The van der Waals surface area contributed by atoms with Gasteiger partial charge in [-0.3, -0.25) is 4.99 Å². The summed E-state index contributed by atoms with van der Waals surface area (Å²) in [6, 6.07) is 20.6. The summed E-state index contributed by atoms with van der Waals surface area (Å²) in [6.45, 7) is 2.55. The van der Waals surface area contributed by atoms with E-state index in [1.165, 1.54) is 5.56 Å². The zero-order valence-corrected chi connectivity index (χ0v) is 23.9. The summed E-state index contributed by atoms with van der Waals surface area (Å²) in [7, 11) is 7.19. The number of tetrazole rings is 1. The fraction of sp³-hybridized carbons (Fsp3) is 0.333. The van der Waals surface area contributed by atoms with Crippen molar-refractivity contribution in [2.45, 2.75) is 24.9 Å². The first kappa shape index (κ1) is 27.6. The quantitative estimate of drug-likeness (QED) is 0.329. The van der Waals surface area contributed by atoms with E-state index in [0.717, 1.165) is 59.0 Å². The van der Waals surface area contributed by atoms with Gasteiger partial charge in [0.1, 0.15) is 5.75 Å². The molecule has 40 heavy (non-hydrogen) atoms. The molecule has 6 rings (SSSR count). The molecule has 1 saturated heterocycles. The van der Waals surface area contributed by atoms with E-state index >= 15 is 0 Å². The lowest BCUT2D eigenvalue weighted by atomic mass is 9.79. The molecule has 2 atom stereocenters. The maximum absolute atomic E-state index is 5.66. The number of rotatable bonds is 7. The van der Waals surface area contributed by atoms with Crippen molar-refractivity contribution in [3.63, 3.8) is 0 Å². The molecular formula is C30H33ClN6O3. The van der Waals surface area contributed by atoms with Crippen molar-refractivity contribution in [2.24, 2.45) is 4.99 Å². The third-order valence-electron chi connectivity index (χ3n) is 7.64. The van der Waals surface area contributed by atoms with Crippen molar-refractivity contribution in [2.75, 3.05) is 41.5 Å². The first-order chi connectivity index (χ1) is 19.1. The molecule has 2 aliphatic rings. The Labute approximate surface area is 240 Å². The number of likely N-dealkylation sites (N-methyl/N-ethyl adjacent to an activating group) is 1. The summed E-state index contributed by atoms with van der Waals surface area (Å²) in [4.78, 5) is 9.27. The maximum Gasteiger partial charge on any atom is 0.204 e. The molecule has 1 fully saturated rings. The molecule has 4 aromatic rings. The van der Waals surface area contributed by atoms with Crippen LogP contribution in [0.5, 0.6) is 17.2 Å². The Morgan fingerprint density at radius 1 is 0.875 bits per heavy atom. The Morgan fingerprint density at radius 3 is 2.27 bits per heavy atom. The van der Waals surface area contributed by atoms with Crippen molar-refractivity contribution >= 4 is 18.1 Å². The standard InChI is InChI=1S/C30H32N6O3.ClH/c1-35-14-13-26-25(18-35)23-15-27(38-3)28(39-4)16-24(23)29(31-26)20-7-9-21(10-8-20)30-32-34-36(33-30)17-19-5-11-22(37-2)12-6-19;/h5-12,15-16,25-26H,13-14,17-18H2,1-4H3;1H/t25-,26-;/m1./s1. The first-order valence-corrected chi connectivity index (χ1v) is 13.1. The van der Waals surface area contributed by atoms with Crippen LogP contribution in [-0.2, 0) is 6.54 Å². The molecule has 9 nitrogen and oxygen atoms in total. The number of hydrogen-bond donors (Lipinski definition) is 0. The molecule has 0 radical (unpaired) electrons. The van der Waals surface area contributed by atoms with E-state index in [-0.39, 0.29) is 18.4 Å². The van der Waals surface area contributed by atoms with Crippen molar-refractivity contribution in [3.8, 4) is 28.6 Å². The minimum absolute atomic E-state index is 0. The Hall–Kier alpha value is -3.95. The Morgan fingerprint density at radius 2 is 1.57 bits per heavy atom. The monoisotopic (exact) mass is 560 g/mol. The van der Waals surface area contributed by atoms with Gasteiger partial charge in [0.25, 0.3) is 0 Å². The topological polar surface area (TPSA) is 86.9 Å². The van der Waals surface area contributed by atoms with Gasteiger partial charge in [-0.15, -0.1) is 22.6 Å². The van der Waals surface area contributed by atoms with Crippen molar-refractivity contribution in [1.29, 1.82) is 0 Å². The maximum atomic E-state index is 5.66. The van der Waals surface area contributed by atoms with Gasteiger partial charge in [0, 0.05) is 29.2 Å². The van der Waals surface area contributed by atoms with Crippen LogP contribution >= 0.6 is 12.4 Å². The number of nitrogens with zero attached hydrogens (tertiary/aromatic N) is 6. The van der Waals surface area contributed by atoms with E-state index in [2.05, 4.69) is 51.6 Å². The van der Waals surface area contributed by atoms with Gasteiger partial charge in [0.2, 0.25) is 5.82 Å². The smallest absolute Gasteiger partial charge is 0.204 e. The molecule has 2 aliphatic heterocycles. The molecule has 3 aromatic carbocycles. The van der Waals surface area contributed by atoms with Gasteiger partial charge in [0.15, 0.2) is 11.5 Å². The zero-order valence-electron chi connectivity index (χ0n) is 23.1. The molecule has 0 aliphatic carbocycles. The second-order valence-electron chi connectivity index (χ2n) is 10.1. The summed E-state index contributed by atoms with van der Waals surface area (Å²) in [5, 5.41) is 13.1. The highest BCUT2D eigenvalue weighted by Gasteiger charge is 2.36. The van der Waals surface area contributed by atoms with E-state index in [1.807, 2.05) is 36.4 Å². The predicted octanol–water partition coefficient (Wildman–Crippen LogP) is 4.47. The van der Waals surface area contributed by atoms with Gasteiger partial charge >= 0.3 is 0 Å². The first-order valence-electron chi connectivity index (χ1n) is 13.1. The van der Waals surface area contributed by atoms with Crippen LogP contribution < -0.4 is 14.2 Å². The number of halogens is 1. The van der Waals surface area contributed by atoms with Crippen LogP contribution in [0.3, 0.4) is 0 Å². The lowest BCUT2D eigenvalue weighted by Gasteiger charge is -2.39. The summed E-state index contributed by atoms with van der Waals surface area (Å²) in [6.07, 6.45) is 1.03. The fourth-order valence-corrected chi connectivity index (χ4v) is 5.53. The van der Waals surface area contributed by atoms with Crippen LogP contribution in [0.25, 0.3) is 11.4 Å². The molecule has 1 aromatic heterocycles. The molecule has 0 spiro atoms. The van der Waals surface area contributed by atoms with Crippen LogP contribution in [0.1, 0.15) is 34.6 Å². The summed E-state index contributed by atoms with van der Waals surface area (Å²) >= 11 is 0. The Kier molecular flexibility index (Phi) is 8.04. The highest BCUT2D eigenvalue weighted by Crippen LogP contribution is 2.42. The van der Waals surface area contributed by atoms with Crippen molar-refractivity contribution < 1.29 is 14.2 Å². The third-order valence-corrected chi connectivity index (χ3v) is 7.64. The van der Waals surface area contributed by atoms with Gasteiger partial charge in [-0.2, -0.15) is 4.80 Å². The second-order valence-corrected chi connectivity index (χ2v) is 10.1. The minimum Gasteiger partial charge on any atom is -0.497 e. The van der Waals surface area contributed by atoms with Gasteiger partial charge in [-0.05, 0) is 60.6 Å². The molecule has 0 saturated carbocycles. The average molecular weight is 561 g/mol. The van der Waals surface area contributed by atoms with E-state index in [0.29, 0.717) is 24.0 Å². The van der Waals surface area contributed by atoms with Crippen LogP contribution in [0, 0.1) is 0 Å². The summed E-state index contributed by atoms with van der Waals surface area (Å²) < 4.78 is 16.5.